The Labute approximate surface area is 105 Å². The van der Waals surface area contributed by atoms with E-state index >= 15 is 0 Å². The molecule has 2 heterocycles. The Kier molecular flexibility index (Phi) is 5.33. The zero-order valence-electron chi connectivity index (χ0n) is 9.32. The number of halogens is 1. The highest BCUT2D eigenvalue weighted by molar-refractivity contribution is 5.85. The summed E-state index contributed by atoms with van der Waals surface area (Å²) >= 11 is 0. The van der Waals surface area contributed by atoms with Crippen LogP contribution in [-0.2, 0) is 11.3 Å². The zero-order valence-corrected chi connectivity index (χ0v) is 10.1. The van der Waals surface area contributed by atoms with E-state index in [9.17, 15) is 10.1 Å². The van der Waals surface area contributed by atoms with Crippen LogP contribution in [0.25, 0.3) is 0 Å². The third-order valence-electron chi connectivity index (χ3n) is 2.64. The number of aromatic nitrogens is 2. The van der Waals surface area contributed by atoms with Crippen molar-refractivity contribution < 1.29 is 9.66 Å². The van der Waals surface area contributed by atoms with Gasteiger partial charge in [0.1, 0.15) is 12.7 Å². The molecular formula is C9H15ClN4O3. The molecule has 1 fully saturated rings. The first kappa shape index (κ1) is 13.9. The van der Waals surface area contributed by atoms with Crippen LogP contribution in [0.15, 0.2) is 12.5 Å². The fraction of sp³-hybridized carbons (Fsp3) is 0.667. The van der Waals surface area contributed by atoms with Gasteiger partial charge in [-0.1, -0.05) is 0 Å². The topological polar surface area (TPSA) is 73.4 Å². The largest absolute Gasteiger partial charge is 0.379 e. The first-order chi connectivity index (χ1) is 7.77. The second kappa shape index (κ2) is 6.53. The SMILES string of the molecule is Cl.O=[N+]([O-])c1cncn1CCN1CCOCC1. The normalized spacial score (nSPS) is 16.5. The molecule has 0 spiro atoms. The lowest BCUT2D eigenvalue weighted by Gasteiger charge is -2.25. The molecule has 0 N–H and O–H groups in total. The van der Waals surface area contributed by atoms with Crippen molar-refractivity contribution in [2.75, 3.05) is 32.8 Å². The number of rotatable bonds is 4. The van der Waals surface area contributed by atoms with Crippen molar-refractivity contribution in [2.45, 2.75) is 6.54 Å². The van der Waals surface area contributed by atoms with Crippen molar-refractivity contribution in [2.24, 2.45) is 0 Å². The lowest BCUT2D eigenvalue weighted by Crippen LogP contribution is -2.38. The molecule has 0 bridgehead atoms. The van der Waals surface area contributed by atoms with Gasteiger partial charge in [-0.15, -0.1) is 12.4 Å². The number of morpholine rings is 1. The summed E-state index contributed by atoms with van der Waals surface area (Å²) in [5.41, 5.74) is 0. The molecule has 1 aromatic rings. The fourth-order valence-corrected chi connectivity index (χ4v) is 1.71. The van der Waals surface area contributed by atoms with Gasteiger partial charge in [0.2, 0.25) is 0 Å². The molecule has 2 rings (SSSR count). The van der Waals surface area contributed by atoms with Gasteiger partial charge >= 0.3 is 5.82 Å². The molecule has 0 unspecified atom stereocenters. The zero-order chi connectivity index (χ0) is 11.4. The molecule has 0 aliphatic carbocycles. The van der Waals surface area contributed by atoms with Crippen LogP contribution in [0, 0.1) is 10.1 Å². The van der Waals surface area contributed by atoms with Crippen LogP contribution in [-0.4, -0.2) is 52.2 Å². The van der Waals surface area contributed by atoms with Crippen molar-refractivity contribution in [1.29, 1.82) is 0 Å². The number of imidazole rings is 1. The van der Waals surface area contributed by atoms with E-state index in [1.807, 2.05) is 0 Å². The molecular weight excluding hydrogens is 248 g/mol. The van der Waals surface area contributed by atoms with Gasteiger partial charge in [-0.3, -0.25) is 4.90 Å². The summed E-state index contributed by atoms with van der Waals surface area (Å²) in [6.45, 7) is 4.65. The molecule has 0 radical (unpaired) electrons. The second-order valence-corrected chi connectivity index (χ2v) is 3.66. The van der Waals surface area contributed by atoms with Crippen LogP contribution in [0.2, 0.25) is 0 Å². The standard InChI is InChI=1S/C9H14N4O3.ClH/c14-13(15)9-7-10-8-12(9)2-1-11-3-5-16-6-4-11;/h7-8H,1-6H2;1H. The lowest BCUT2D eigenvalue weighted by molar-refractivity contribution is -0.392. The predicted molar refractivity (Wildman–Crippen MR) is 63.4 cm³/mol. The van der Waals surface area contributed by atoms with Gasteiger partial charge in [0.05, 0.1) is 13.2 Å². The summed E-state index contributed by atoms with van der Waals surface area (Å²) < 4.78 is 6.79. The molecule has 0 atom stereocenters. The van der Waals surface area contributed by atoms with Gasteiger partial charge in [0.25, 0.3) is 0 Å². The minimum atomic E-state index is -0.410. The summed E-state index contributed by atoms with van der Waals surface area (Å²) in [5, 5.41) is 10.6. The molecule has 7 nitrogen and oxygen atoms in total. The Balaban J connectivity index is 0.00000144. The minimum absolute atomic E-state index is 0. The molecule has 96 valence electrons. The predicted octanol–water partition coefficient (Wildman–Crippen LogP) is 0.545. The molecule has 1 aliphatic heterocycles. The van der Waals surface area contributed by atoms with E-state index in [0.717, 1.165) is 32.8 Å². The smallest absolute Gasteiger partial charge is 0.342 e. The third-order valence-corrected chi connectivity index (χ3v) is 2.64. The van der Waals surface area contributed by atoms with Crippen molar-refractivity contribution in [3.05, 3.63) is 22.6 Å². The maximum Gasteiger partial charge on any atom is 0.342 e. The first-order valence-corrected chi connectivity index (χ1v) is 5.22. The van der Waals surface area contributed by atoms with Crippen LogP contribution in [0.1, 0.15) is 0 Å². The monoisotopic (exact) mass is 262 g/mol. The van der Waals surface area contributed by atoms with Crippen molar-refractivity contribution >= 4 is 18.2 Å². The minimum Gasteiger partial charge on any atom is -0.379 e. The van der Waals surface area contributed by atoms with Crippen LogP contribution in [0.4, 0.5) is 5.82 Å². The van der Waals surface area contributed by atoms with Gasteiger partial charge in [-0.2, -0.15) is 0 Å². The summed E-state index contributed by atoms with van der Waals surface area (Å²) in [4.78, 5) is 16.2. The Hall–Kier alpha value is -1.18. The number of nitro groups is 1. The quantitative estimate of drug-likeness (QED) is 0.585. The van der Waals surface area contributed by atoms with Crippen molar-refractivity contribution in [1.82, 2.24) is 14.5 Å². The van der Waals surface area contributed by atoms with Gasteiger partial charge < -0.3 is 14.9 Å². The molecule has 1 aliphatic rings. The highest BCUT2D eigenvalue weighted by Gasteiger charge is 2.15. The third kappa shape index (κ3) is 3.65. The van der Waals surface area contributed by atoms with E-state index in [-0.39, 0.29) is 18.2 Å². The van der Waals surface area contributed by atoms with E-state index < -0.39 is 4.92 Å². The van der Waals surface area contributed by atoms with E-state index in [1.54, 1.807) is 4.57 Å². The first-order valence-electron chi connectivity index (χ1n) is 5.22. The second-order valence-electron chi connectivity index (χ2n) is 3.66. The van der Waals surface area contributed by atoms with Crippen molar-refractivity contribution in [3.63, 3.8) is 0 Å². The molecule has 17 heavy (non-hydrogen) atoms. The average Bonchev–Trinajstić information content (AvgIpc) is 2.76. The molecule has 0 saturated carbocycles. The van der Waals surface area contributed by atoms with E-state index in [0.29, 0.717) is 6.54 Å². The van der Waals surface area contributed by atoms with E-state index in [4.69, 9.17) is 4.74 Å². The molecule has 1 aromatic heterocycles. The maximum absolute atomic E-state index is 10.6. The summed E-state index contributed by atoms with van der Waals surface area (Å²) in [6.07, 6.45) is 2.78. The number of hydrogen-bond donors (Lipinski definition) is 0. The van der Waals surface area contributed by atoms with Gasteiger partial charge in [-0.25, -0.2) is 9.55 Å². The Bertz CT molecular complexity index is 365. The highest BCUT2D eigenvalue weighted by atomic mass is 35.5. The molecule has 0 aromatic carbocycles. The van der Waals surface area contributed by atoms with E-state index in [1.165, 1.54) is 12.5 Å². The Morgan fingerprint density at radius 1 is 1.41 bits per heavy atom. The van der Waals surface area contributed by atoms with Crippen LogP contribution in [0.3, 0.4) is 0 Å². The van der Waals surface area contributed by atoms with Gasteiger partial charge in [0.15, 0.2) is 6.33 Å². The molecule has 1 saturated heterocycles. The molecule has 8 heteroatoms. The van der Waals surface area contributed by atoms with Crippen molar-refractivity contribution in [3.8, 4) is 0 Å². The highest BCUT2D eigenvalue weighted by Crippen LogP contribution is 2.09. The number of ether oxygens (including phenoxy) is 1. The maximum atomic E-state index is 10.6. The van der Waals surface area contributed by atoms with Crippen LogP contribution in [0.5, 0.6) is 0 Å². The fourth-order valence-electron chi connectivity index (χ4n) is 1.71. The lowest BCUT2D eigenvalue weighted by atomic mass is 10.4. The number of hydrogen-bond acceptors (Lipinski definition) is 5. The average molecular weight is 263 g/mol. The Morgan fingerprint density at radius 2 is 2.12 bits per heavy atom. The Morgan fingerprint density at radius 3 is 2.76 bits per heavy atom. The van der Waals surface area contributed by atoms with Crippen LogP contribution >= 0.6 is 12.4 Å². The van der Waals surface area contributed by atoms with E-state index in [2.05, 4.69) is 9.88 Å². The summed E-state index contributed by atoms with van der Waals surface area (Å²) in [7, 11) is 0. The van der Waals surface area contributed by atoms with Gasteiger partial charge in [-0.05, 0) is 4.92 Å². The van der Waals surface area contributed by atoms with Gasteiger partial charge in [0, 0.05) is 19.6 Å². The van der Waals surface area contributed by atoms with Crippen LogP contribution < -0.4 is 0 Å². The molecule has 0 amide bonds. The summed E-state index contributed by atoms with van der Waals surface area (Å²) in [5.74, 6) is 0.0493. The summed E-state index contributed by atoms with van der Waals surface area (Å²) in [6, 6.07) is 0. The number of nitrogens with zero attached hydrogens (tertiary/aromatic N) is 4.